The predicted octanol–water partition coefficient (Wildman–Crippen LogP) is 0.326. The zero-order valence-electron chi connectivity index (χ0n) is 7.12. The Hall–Kier alpha value is -1.66. The number of aromatic hydroxyl groups is 1. The summed E-state index contributed by atoms with van der Waals surface area (Å²) in [6, 6.07) is 3.27. The van der Waals surface area contributed by atoms with Gasteiger partial charge in [0.25, 0.3) is 5.69 Å². The van der Waals surface area contributed by atoms with E-state index >= 15 is 0 Å². The van der Waals surface area contributed by atoms with E-state index in [0.717, 1.165) is 18.2 Å². The second kappa shape index (κ2) is 4.03. The van der Waals surface area contributed by atoms with E-state index in [0.29, 0.717) is 0 Å². The third-order valence-electron chi connectivity index (χ3n) is 1.74. The summed E-state index contributed by atoms with van der Waals surface area (Å²) in [7, 11) is 0. The fraction of sp³-hybridized carbons (Fsp3) is 0.250. The normalized spacial score (nSPS) is 12.4. The van der Waals surface area contributed by atoms with E-state index in [-0.39, 0.29) is 17.0 Å². The molecule has 0 saturated heterocycles. The Labute approximate surface area is 79.2 Å². The van der Waals surface area contributed by atoms with E-state index in [9.17, 15) is 15.2 Å². The smallest absolute Gasteiger partial charge is 0.275 e. The Kier molecular flexibility index (Phi) is 3.00. The lowest BCUT2D eigenvalue weighted by Crippen LogP contribution is -2.05. The minimum absolute atomic E-state index is 0.0995. The van der Waals surface area contributed by atoms with Gasteiger partial charge in [0.1, 0.15) is 11.9 Å². The molecule has 76 valence electrons. The van der Waals surface area contributed by atoms with Crippen molar-refractivity contribution in [2.24, 2.45) is 0 Å². The molecule has 1 unspecified atom stereocenters. The molecule has 1 aromatic carbocycles. The first-order chi connectivity index (χ1) is 6.56. The number of hydrogen-bond acceptors (Lipinski definition) is 5. The predicted molar refractivity (Wildman–Crippen MR) is 46.8 cm³/mol. The molecule has 0 aliphatic carbocycles. The van der Waals surface area contributed by atoms with Crippen LogP contribution in [-0.2, 0) is 0 Å². The van der Waals surface area contributed by atoms with Gasteiger partial charge < -0.3 is 15.3 Å². The van der Waals surface area contributed by atoms with Crippen molar-refractivity contribution in [2.75, 3.05) is 6.61 Å². The van der Waals surface area contributed by atoms with E-state index in [4.69, 9.17) is 10.2 Å². The Balaban J connectivity index is 3.22. The van der Waals surface area contributed by atoms with Gasteiger partial charge in [-0.1, -0.05) is 0 Å². The Morgan fingerprint density at radius 2 is 2.14 bits per heavy atom. The van der Waals surface area contributed by atoms with Crippen LogP contribution in [0.25, 0.3) is 0 Å². The highest BCUT2D eigenvalue weighted by Crippen LogP contribution is 2.28. The van der Waals surface area contributed by atoms with Gasteiger partial charge in [-0.25, -0.2) is 0 Å². The van der Waals surface area contributed by atoms with Crippen LogP contribution >= 0.6 is 0 Å². The molecule has 14 heavy (non-hydrogen) atoms. The second-order valence-corrected chi connectivity index (χ2v) is 2.70. The summed E-state index contributed by atoms with van der Waals surface area (Å²) in [6.45, 7) is -0.635. The van der Waals surface area contributed by atoms with Gasteiger partial charge in [-0.05, 0) is 12.1 Å². The van der Waals surface area contributed by atoms with Crippen LogP contribution in [0.2, 0.25) is 0 Å². The quantitative estimate of drug-likeness (QED) is 0.480. The van der Waals surface area contributed by atoms with Crippen LogP contribution in [0.3, 0.4) is 0 Å². The molecular formula is C8H9NO5. The first-order valence-electron chi connectivity index (χ1n) is 3.82. The van der Waals surface area contributed by atoms with Gasteiger partial charge >= 0.3 is 0 Å². The van der Waals surface area contributed by atoms with Gasteiger partial charge in [0.05, 0.1) is 17.1 Å². The van der Waals surface area contributed by atoms with Crippen LogP contribution in [0, 0.1) is 10.1 Å². The molecule has 1 atom stereocenters. The summed E-state index contributed by atoms with van der Waals surface area (Å²) in [4.78, 5) is 9.80. The monoisotopic (exact) mass is 199 g/mol. The molecule has 0 aliphatic heterocycles. The van der Waals surface area contributed by atoms with E-state index in [1.165, 1.54) is 0 Å². The molecule has 0 spiro atoms. The summed E-state index contributed by atoms with van der Waals surface area (Å²) in [5.41, 5.74) is -0.429. The molecule has 0 bridgehead atoms. The Morgan fingerprint density at radius 3 is 2.64 bits per heavy atom. The maximum Gasteiger partial charge on any atom is 0.275 e. The average molecular weight is 199 g/mol. The van der Waals surface area contributed by atoms with Crippen LogP contribution in [0.5, 0.6) is 5.75 Å². The molecule has 0 aromatic heterocycles. The van der Waals surface area contributed by atoms with Crippen molar-refractivity contribution in [3.63, 3.8) is 0 Å². The third kappa shape index (κ3) is 1.98. The van der Waals surface area contributed by atoms with Crippen molar-refractivity contribution in [3.8, 4) is 5.75 Å². The lowest BCUT2D eigenvalue weighted by Gasteiger charge is -2.07. The largest absolute Gasteiger partial charge is 0.508 e. The summed E-state index contributed by atoms with van der Waals surface area (Å²) in [5.74, 6) is -0.196. The molecule has 0 heterocycles. The second-order valence-electron chi connectivity index (χ2n) is 2.70. The van der Waals surface area contributed by atoms with E-state index < -0.39 is 17.6 Å². The first kappa shape index (κ1) is 10.4. The molecule has 0 radical (unpaired) electrons. The summed E-state index contributed by atoms with van der Waals surface area (Å²) >= 11 is 0. The maximum atomic E-state index is 10.5. The molecule has 1 aromatic rings. The number of phenolic OH excluding ortho intramolecular Hbond substituents is 1. The van der Waals surface area contributed by atoms with Gasteiger partial charge in [0, 0.05) is 6.07 Å². The van der Waals surface area contributed by atoms with Crippen molar-refractivity contribution >= 4 is 5.69 Å². The van der Waals surface area contributed by atoms with Crippen molar-refractivity contribution in [1.82, 2.24) is 0 Å². The summed E-state index contributed by atoms with van der Waals surface area (Å²) < 4.78 is 0. The summed E-state index contributed by atoms with van der Waals surface area (Å²) in [6.07, 6.45) is -1.36. The lowest BCUT2D eigenvalue weighted by molar-refractivity contribution is -0.386. The van der Waals surface area contributed by atoms with Gasteiger partial charge in [-0.15, -0.1) is 0 Å². The molecule has 0 fully saturated rings. The average Bonchev–Trinajstić information content (AvgIpc) is 2.16. The van der Waals surface area contributed by atoms with Gasteiger partial charge in [-0.2, -0.15) is 0 Å². The SMILES string of the molecule is O=[N+]([O-])c1ccc(O)cc1C(O)CO. The van der Waals surface area contributed by atoms with Crippen molar-refractivity contribution in [2.45, 2.75) is 6.10 Å². The fourth-order valence-electron chi connectivity index (χ4n) is 1.07. The number of rotatable bonds is 3. The van der Waals surface area contributed by atoms with Gasteiger partial charge in [-0.3, -0.25) is 10.1 Å². The molecule has 0 amide bonds. The van der Waals surface area contributed by atoms with Crippen molar-refractivity contribution < 1.29 is 20.2 Å². The lowest BCUT2D eigenvalue weighted by atomic mass is 10.1. The number of nitro benzene ring substituents is 1. The molecule has 3 N–H and O–H groups in total. The molecule has 0 aliphatic rings. The standard InChI is InChI=1S/C8H9NO5/c10-4-8(12)6-3-5(11)1-2-7(6)9(13)14/h1-3,8,10-12H,4H2. The molecule has 0 saturated carbocycles. The fourth-order valence-corrected chi connectivity index (χ4v) is 1.07. The Bertz CT molecular complexity index is 352. The van der Waals surface area contributed by atoms with Gasteiger partial charge in [0.2, 0.25) is 0 Å². The topological polar surface area (TPSA) is 104 Å². The first-order valence-corrected chi connectivity index (χ1v) is 3.82. The van der Waals surface area contributed by atoms with Crippen LogP contribution < -0.4 is 0 Å². The third-order valence-corrected chi connectivity index (χ3v) is 1.74. The molecular weight excluding hydrogens is 190 g/mol. The van der Waals surface area contributed by atoms with Gasteiger partial charge in [0.15, 0.2) is 0 Å². The number of benzene rings is 1. The summed E-state index contributed by atoms with van der Waals surface area (Å²) in [5, 5.41) is 37.4. The van der Waals surface area contributed by atoms with Crippen LogP contribution in [0.1, 0.15) is 11.7 Å². The number of phenols is 1. The zero-order chi connectivity index (χ0) is 10.7. The number of nitrogens with zero attached hydrogens (tertiary/aromatic N) is 1. The van der Waals surface area contributed by atoms with E-state index in [1.807, 2.05) is 0 Å². The highest BCUT2D eigenvalue weighted by molar-refractivity contribution is 5.46. The van der Waals surface area contributed by atoms with Crippen LogP contribution in [0.4, 0.5) is 5.69 Å². The Morgan fingerprint density at radius 1 is 1.50 bits per heavy atom. The van der Waals surface area contributed by atoms with E-state index in [1.54, 1.807) is 0 Å². The number of aliphatic hydroxyl groups excluding tert-OH is 2. The van der Waals surface area contributed by atoms with Crippen molar-refractivity contribution in [1.29, 1.82) is 0 Å². The van der Waals surface area contributed by atoms with Crippen LogP contribution in [-0.4, -0.2) is 26.8 Å². The number of aliphatic hydroxyl groups is 2. The number of nitro groups is 1. The van der Waals surface area contributed by atoms with E-state index in [2.05, 4.69) is 0 Å². The van der Waals surface area contributed by atoms with Crippen LogP contribution in [0.15, 0.2) is 18.2 Å². The molecule has 6 heteroatoms. The maximum absolute atomic E-state index is 10.5. The molecule has 1 rings (SSSR count). The molecule has 6 nitrogen and oxygen atoms in total. The minimum atomic E-state index is -1.36. The van der Waals surface area contributed by atoms with Crippen molar-refractivity contribution in [3.05, 3.63) is 33.9 Å². The minimum Gasteiger partial charge on any atom is -0.508 e. The zero-order valence-corrected chi connectivity index (χ0v) is 7.12. The highest BCUT2D eigenvalue weighted by Gasteiger charge is 2.20. The number of hydrogen-bond donors (Lipinski definition) is 3. The highest BCUT2D eigenvalue weighted by atomic mass is 16.6.